The molecule has 4 rings (SSSR count). The van der Waals surface area contributed by atoms with Crippen LogP contribution in [0.1, 0.15) is 63.2 Å². The fourth-order valence-electron chi connectivity index (χ4n) is 6.30. The van der Waals surface area contributed by atoms with Crippen LogP contribution in [-0.4, -0.2) is 47.5 Å². The second kappa shape index (κ2) is 13.2. The van der Waals surface area contributed by atoms with Crippen molar-refractivity contribution < 1.29 is 23.9 Å². The lowest BCUT2D eigenvalue weighted by molar-refractivity contribution is -0.134. The molecule has 2 aromatic rings. The highest BCUT2D eigenvalue weighted by Crippen LogP contribution is 2.65. The number of nitrogens with one attached hydrogen (secondary N) is 3. The first-order valence-corrected chi connectivity index (χ1v) is 15.6. The summed E-state index contributed by atoms with van der Waals surface area (Å²) in [6.07, 6.45) is 7.69. The van der Waals surface area contributed by atoms with Crippen LogP contribution in [0.4, 0.5) is 5.69 Å². The molecule has 2 fully saturated rings. The SMILES string of the molecule is COC(=O)/C=C/CC[C@H](NC(=O)c1cc(Cl)sc1Cl)C(=O)Nc1cccn(CC(=O)N[C@H]2C[C@H]3CC[C@]2(C)C3(C)C)c1=O. The van der Waals surface area contributed by atoms with Gasteiger partial charge in [0.15, 0.2) is 0 Å². The van der Waals surface area contributed by atoms with Crippen LogP contribution in [0, 0.1) is 16.7 Å². The third-order valence-corrected chi connectivity index (χ3v) is 10.8. The number of allylic oxidation sites excluding steroid dienone is 1. The molecule has 0 aliphatic heterocycles. The van der Waals surface area contributed by atoms with Crippen molar-refractivity contribution in [2.24, 2.45) is 16.7 Å². The van der Waals surface area contributed by atoms with Gasteiger partial charge in [-0.05, 0) is 67.1 Å². The molecular formula is C30H36Cl2N4O6S. The van der Waals surface area contributed by atoms with Crippen LogP contribution in [0.15, 0.2) is 41.3 Å². The van der Waals surface area contributed by atoms with Gasteiger partial charge < -0.3 is 25.3 Å². The summed E-state index contributed by atoms with van der Waals surface area (Å²) >= 11 is 13.1. The number of ether oxygens (including phenoxy) is 1. The quantitative estimate of drug-likeness (QED) is 0.236. The maximum absolute atomic E-state index is 13.3. The average Bonchev–Trinajstić information content (AvgIpc) is 3.47. The fourth-order valence-corrected chi connectivity index (χ4v) is 7.76. The summed E-state index contributed by atoms with van der Waals surface area (Å²) in [6.45, 7) is 6.57. The molecule has 4 atom stereocenters. The Bertz CT molecular complexity index is 1500. The van der Waals surface area contributed by atoms with Gasteiger partial charge in [0, 0.05) is 18.3 Å². The van der Waals surface area contributed by atoms with Crippen molar-refractivity contribution in [3.63, 3.8) is 0 Å². The number of rotatable bonds is 11. The summed E-state index contributed by atoms with van der Waals surface area (Å²) in [5.41, 5.74) is -0.366. The Kier molecular flexibility index (Phi) is 10.1. The molecule has 2 saturated carbocycles. The molecule has 0 radical (unpaired) electrons. The molecule has 2 aliphatic carbocycles. The third kappa shape index (κ3) is 6.99. The Morgan fingerprint density at radius 1 is 1.23 bits per heavy atom. The van der Waals surface area contributed by atoms with Crippen LogP contribution in [0.3, 0.4) is 0 Å². The van der Waals surface area contributed by atoms with Crippen LogP contribution in [0.5, 0.6) is 0 Å². The number of aromatic nitrogens is 1. The highest BCUT2D eigenvalue weighted by atomic mass is 35.5. The van der Waals surface area contributed by atoms with E-state index in [1.165, 1.54) is 42.2 Å². The second-order valence-electron chi connectivity index (χ2n) is 11.8. The molecule has 10 nitrogen and oxygen atoms in total. The predicted molar refractivity (Wildman–Crippen MR) is 166 cm³/mol. The first-order valence-electron chi connectivity index (χ1n) is 14.1. The lowest BCUT2D eigenvalue weighted by Gasteiger charge is -2.39. The molecule has 43 heavy (non-hydrogen) atoms. The summed E-state index contributed by atoms with van der Waals surface area (Å²) in [5, 5.41) is 8.36. The number of hydrogen-bond acceptors (Lipinski definition) is 7. The number of methoxy groups -OCH3 is 1. The van der Waals surface area contributed by atoms with Gasteiger partial charge in [-0.3, -0.25) is 19.2 Å². The molecule has 0 saturated heterocycles. The summed E-state index contributed by atoms with van der Waals surface area (Å²) in [6, 6.07) is 3.33. The van der Waals surface area contributed by atoms with E-state index in [1.54, 1.807) is 6.07 Å². The first kappa shape index (κ1) is 32.8. The number of nitrogens with zero attached hydrogens (tertiary/aromatic N) is 1. The van der Waals surface area contributed by atoms with Gasteiger partial charge in [0.05, 0.1) is 17.0 Å². The summed E-state index contributed by atoms with van der Waals surface area (Å²) in [5.74, 6) is -1.55. The van der Waals surface area contributed by atoms with E-state index in [0.29, 0.717) is 10.3 Å². The van der Waals surface area contributed by atoms with E-state index < -0.39 is 29.4 Å². The molecule has 0 spiro atoms. The van der Waals surface area contributed by atoms with Gasteiger partial charge in [-0.25, -0.2) is 4.79 Å². The summed E-state index contributed by atoms with van der Waals surface area (Å²) in [7, 11) is 1.24. The number of anilines is 1. The zero-order valence-electron chi connectivity index (χ0n) is 24.5. The number of thiophene rings is 1. The van der Waals surface area contributed by atoms with Gasteiger partial charge in [-0.1, -0.05) is 50.0 Å². The van der Waals surface area contributed by atoms with Gasteiger partial charge >= 0.3 is 5.97 Å². The minimum atomic E-state index is -1.09. The number of fused-ring (bicyclic) bond motifs is 2. The van der Waals surface area contributed by atoms with Crippen molar-refractivity contribution in [3.8, 4) is 0 Å². The Morgan fingerprint density at radius 2 is 1.98 bits per heavy atom. The summed E-state index contributed by atoms with van der Waals surface area (Å²) in [4.78, 5) is 63.9. The monoisotopic (exact) mass is 650 g/mol. The molecule has 232 valence electrons. The lowest BCUT2D eigenvalue weighted by atomic mass is 9.69. The average molecular weight is 652 g/mol. The van der Waals surface area contributed by atoms with Crippen molar-refractivity contribution in [2.75, 3.05) is 12.4 Å². The van der Waals surface area contributed by atoms with Gasteiger partial charge in [0.25, 0.3) is 11.5 Å². The van der Waals surface area contributed by atoms with Crippen LogP contribution >= 0.6 is 34.5 Å². The van der Waals surface area contributed by atoms with Gasteiger partial charge in [-0.2, -0.15) is 0 Å². The van der Waals surface area contributed by atoms with E-state index in [2.05, 4.69) is 41.5 Å². The minimum absolute atomic E-state index is 0.00180. The van der Waals surface area contributed by atoms with Crippen molar-refractivity contribution in [1.82, 2.24) is 15.2 Å². The standard InChI is InChI=1S/C30H36Cl2N4O6S/c1-29(2)17-11-12-30(29,3)21(14-17)35-23(37)16-36-13-7-9-20(28(36)41)34-27(40)19(8-5-6-10-24(38)42-4)33-26(39)18-15-22(31)43-25(18)32/h6-7,9-10,13,15,17,19,21H,5,8,11-12,14,16H2,1-4H3,(H,33,39)(H,34,40)(H,35,37)/b10-6+/t17-,19+,21+,30+/m1/s1. The van der Waals surface area contributed by atoms with Gasteiger partial charge in [0.2, 0.25) is 11.8 Å². The molecule has 13 heteroatoms. The van der Waals surface area contributed by atoms with E-state index in [1.807, 2.05) is 0 Å². The third-order valence-electron chi connectivity index (χ3n) is 9.32. The molecular weight excluding hydrogens is 615 g/mol. The smallest absolute Gasteiger partial charge is 0.330 e. The van der Waals surface area contributed by atoms with E-state index in [0.717, 1.165) is 30.6 Å². The second-order valence-corrected chi connectivity index (χ2v) is 14.1. The number of pyridine rings is 1. The molecule has 0 unspecified atom stereocenters. The van der Waals surface area contributed by atoms with Crippen molar-refractivity contribution in [3.05, 3.63) is 61.1 Å². The van der Waals surface area contributed by atoms with E-state index in [4.69, 9.17) is 23.2 Å². The van der Waals surface area contributed by atoms with Crippen LogP contribution in [0.25, 0.3) is 0 Å². The lowest BCUT2D eigenvalue weighted by Crippen LogP contribution is -2.48. The molecule has 3 N–H and O–H groups in total. The largest absolute Gasteiger partial charge is 0.466 e. The molecule has 0 aromatic carbocycles. The number of hydrogen-bond donors (Lipinski definition) is 3. The Labute approximate surface area is 264 Å². The molecule has 2 bridgehead atoms. The Hall–Kier alpha value is -3.15. The Morgan fingerprint density at radius 3 is 2.58 bits per heavy atom. The number of esters is 1. The van der Waals surface area contributed by atoms with Crippen molar-refractivity contribution in [1.29, 1.82) is 0 Å². The van der Waals surface area contributed by atoms with Crippen molar-refractivity contribution in [2.45, 2.75) is 71.5 Å². The maximum Gasteiger partial charge on any atom is 0.330 e. The summed E-state index contributed by atoms with van der Waals surface area (Å²) < 4.78 is 6.29. The van der Waals surface area contributed by atoms with E-state index in [-0.39, 0.29) is 57.8 Å². The van der Waals surface area contributed by atoms with Crippen molar-refractivity contribution >= 4 is 63.9 Å². The predicted octanol–water partition coefficient (Wildman–Crippen LogP) is 4.79. The number of carbonyl (C=O) groups is 4. The number of amides is 3. The topological polar surface area (TPSA) is 136 Å². The van der Waals surface area contributed by atoms with Crippen LogP contribution in [0.2, 0.25) is 8.67 Å². The van der Waals surface area contributed by atoms with E-state index >= 15 is 0 Å². The first-order chi connectivity index (χ1) is 20.3. The van der Waals surface area contributed by atoms with Gasteiger partial charge in [0.1, 0.15) is 22.6 Å². The molecule has 2 heterocycles. The normalized spacial score (nSPS) is 22.7. The minimum Gasteiger partial charge on any atom is -0.466 e. The van der Waals surface area contributed by atoms with E-state index in [9.17, 15) is 24.0 Å². The highest BCUT2D eigenvalue weighted by molar-refractivity contribution is 7.20. The highest BCUT2D eigenvalue weighted by Gasteiger charge is 2.61. The molecule has 2 aromatic heterocycles. The van der Waals surface area contributed by atoms with Crippen LogP contribution < -0.4 is 21.5 Å². The zero-order chi connectivity index (χ0) is 31.5. The van der Waals surface area contributed by atoms with Crippen LogP contribution in [-0.2, 0) is 25.7 Å². The number of halogens is 2. The fraction of sp³-hybridized carbons (Fsp3) is 0.500. The van der Waals surface area contributed by atoms with Gasteiger partial charge in [-0.15, -0.1) is 11.3 Å². The maximum atomic E-state index is 13.3. The number of carbonyl (C=O) groups excluding carboxylic acids is 4. The molecule has 3 amide bonds. The molecule has 2 aliphatic rings. The zero-order valence-corrected chi connectivity index (χ0v) is 26.8. The Balaban J connectivity index is 1.45.